The van der Waals surface area contributed by atoms with E-state index in [2.05, 4.69) is 13.2 Å². The standard InChI is InChI=1S/C27H23FO5/c1-17(2)26(29)32-21-9-5-19(6-10-21)16-31-23-13-14-24(25(28)15-23)20-7-11-22(12-8-20)33-27(30)18(3)4/h5-15H,1,3,16H2,2,4H3. The zero-order valence-corrected chi connectivity index (χ0v) is 18.4. The molecular formula is C27H23FO5. The van der Waals surface area contributed by atoms with Crippen molar-refractivity contribution in [2.24, 2.45) is 0 Å². The van der Waals surface area contributed by atoms with E-state index in [-0.39, 0.29) is 6.61 Å². The highest BCUT2D eigenvalue weighted by molar-refractivity contribution is 5.89. The third-order valence-corrected chi connectivity index (χ3v) is 4.55. The van der Waals surface area contributed by atoms with E-state index in [0.29, 0.717) is 39.5 Å². The summed E-state index contributed by atoms with van der Waals surface area (Å²) in [6.07, 6.45) is 0. The Morgan fingerprint density at radius 3 is 1.73 bits per heavy atom. The molecule has 33 heavy (non-hydrogen) atoms. The molecule has 3 aromatic carbocycles. The number of carbonyl (C=O) groups excluding carboxylic acids is 2. The van der Waals surface area contributed by atoms with Crippen molar-refractivity contribution in [3.63, 3.8) is 0 Å². The molecule has 0 radical (unpaired) electrons. The molecule has 168 valence electrons. The second-order valence-electron chi connectivity index (χ2n) is 7.44. The lowest BCUT2D eigenvalue weighted by Crippen LogP contribution is -2.08. The third-order valence-electron chi connectivity index (χ3n) is 4.55. The van der Waals surface area contributed by atoms with Gasteiger partial charge in [-0.2, -0.15) is 0 Å². The minimum Gasteiger partial charge on any atom is -0.489 e. The van der Waals surface area contributed by atoms with Crippen molar-refractivity contribution in [3.8, 4) is 28.4 Å². The predicted molar refractivity (Wildman–Crippen MR) is 124 cm³/mol. The van der Waals surface area contributed by atoms with Gasteiger partial charge in [0.1, 0.15) is 29.7 Å². The molecular weight excluding hydrogens is 423 g/mol. The van der Waals surface area contributed by atoms with Gasteiger partial charge in [-0.1, -0.05) is 37.4 Å². The van der Waals surface area contributed by atoms with E-state index in [1.54, 1.807) is 74.5 Å². The molecule has 0 amide bonds. The van der Waals surface area contributed by atoms with Gasteiger partial charge in [0.2, 0.25) is 0 Å². The van der Waals surface area contributed by atoms with Crippen LogP contribution < -0.4 is 14.2 Å². The van der Waals surface area contributed by atoms with Crippen LogP contribution in [0.3, 0.4) is 0 Å². The van der Waals surface area contributed by atoms with Gasteiger partial charge < -0.3 is 14.2 Å². The van der Waals surface area contributed by atoms with E-state index in [1.807, 2.05) is 0 Å². The van der Waals surface area contributed by atoms with Gasteiger partial charge in [0.15, 0.2) is 0 Å². The summed E-state index contributed by atoms with van der Waals surface area (Å²) in [6.45, 7) is 10.4. The summed E-state index contributed by atoms with van der Waals surface area (Å²) >= 11 is 0. The van der Waals surface area contributed by atoms with Crippen molar-refractivity contribution in [2.45, 2.75) is 20.5 Å². The molecule has 0 bridgehead atoms. The smallest absolute Gasteiger partial charge is 0.338 e. The van der Waals surface area contributed by atoms with Gasteiger partial charge in [0.25, 0.3) is 0 Å². The lowest BCUT2D eigenvalue weighted by molar-refractivity contribution is -0.130. The maximum absolute atomic E-state index is 14.7. The zero-order chi connectivity index (χ0) is 24.0. The van der Waals surface area contributed by atoms with Crippen LogP contribution in [0, 0.1) is 5.82 Å². The number of halogens is 1. The normalized spacial score (nSPS) is 10.3. The molecule has 0 fully saturated rings. The van der Waals surface area contributed by atoms with Crippen LogP contribution in [0.2, 0.25) is 0 Å². The molecule has 0 aliphatic heterocycles. The van der Waals surface area contributed by atoms with E-state index in [9.17, 15) is 14.0 Å². The lowest BCUT2D eigenvalue weighted by Gasteiger charge is -2.10. The molecule has 0 saturated heterocycles. The van der Waals surface area contributed by atoms with Crippen molar-refractivity contribution >= 4 is 11.9 Å². The predicted octanol–water partition coefficient (Wildman–Crippen LogP) is 6.03. The van der Waals surface area contributed by atoms with Gasteiger partial charge in [0.05, 0.1) is 0 Å². The second kappa shape index (κ2) is 10.4. The number of rotatable bonds is 8. The second-order valence-corrected chi connectivity index (χ2v) is 7.44. The highest BCUT2D eigenvalue weighted by Crippen LogP contribution is 2.28. The number of hydrogen-bond acceptors (Lipinski definition) is 5. The minimum absolute atomic E-state index is 0.219. The fourth-order valence-corrected chi connectivity index (χ4v) is 2.73. The van der Waals surface area contributed by atoms with Crippen LogP contribution in [0.25, 0.3) is 11.1 Å². The summed E-state index contributed by atoms with van der Waals surface area (Å²) in [5.41, 5.74) is 2.46. The monoisotopic (exact) mass is 446 g/mol. The fourth-order valence-electron chi connectivity index (χ4n) is 2.73. The van der Waals surface area contributed by atoms with Crippen LogP contribution in [0.4, 0.5) is 4.39 Å². The van der Waals surface area contributed by atoms with Crippen molar-refractivity contribution in [2.75, 3.05) is 0 Å². The molecule has 0 N–H and O–H groups in total. The van der Waals surface area contributed by atoms with Crippen LogP contribution in [0.5, 0.6) is 17.2 Å². The van der Waals surface area contributed by atoms with Crippen molar-refractivity contribution in [1.29, 1.82) is 0 Å². The number of ether oxygens (including phenoxy) is 3. The molecule has 0 saturated carbocycles. The first-order valence-electron chi connectivity index (χ1n) is 10.1. The molecule has 6 heteroatoms. The van der Waals surface area contributed by atoms with E-state index >= 15 is 0 Å². The maximum Gasteiger partial charge on any atom is 0.338 e. The van der Waals surface area contributed by atoms with Gasteiger partial charge in [0, 0.05) is 22.8 Å². The van der Waals surface area contributed by atoms with Crippen LogP contribution in [0.15, 0.2) is 91.0 Å². The Kier molecular flexibility index (Phi) is 7.41. The fraction of sp³-hybridized carbons (Fsp3) is 0.111. The first-order chi connectivity index (χ1) is 15.7. The first-order valence-corrected chi connectivity index (χ1v) is 10.1. The van der Waals surface area contributed by atoms with Crippen LogP contribution >= 0.6 is 0 Å². The van der Waals surface area contributed by atoms with E-state index in [4.69, 9.17) is 14.2 Å². The summed E-state index contributed by atoms with van der Waals surface area (Å²) in [6, 6.07) is 18.0. The first kappa shape index (κ1) is 23.5. The Morgan fingerprint density at radius 2 is 1.24 bits per heavy atom. The largest absolute Gasteiger partial charge is 0.489 e. The summed E-state index contributed by atoms with van der Waals surface area (Å²) in [5.74, 6) is -0.313. The van der Waals surface area contributed by atoms with Crippen LogP contribution in [-0.4, -0.2) is 11.9 Å². The quantitative estimate of drug-likeness (QED) is 0.240. The van der Waals surface area contributed by atoms with Crippen molar-refractivity contribution in [1.82, 2.24) is 0 Å². The molecule has 0 unspecified atom stereocenters. The number of hydrogen-bond donors (Lipinski definition) is 0. The number of benzene rings is 3. The Hall–Kier alpha value is -4.19. The molecule has 0 atom stereocenters. The molecule has 0 aliphatic carbocycles. The molecule has 0 aromatic heterocycles. The average molecular weight is 446 g/mol. The Bertz CT molecular complexity index is 1190. The molecule has 0 heterocycles. The maximum atomic E-state index is 14.7. The molecule has 3 aromatic rings. The van der Waals surface area contributed by atoms with Crippen LogP contribution in [-0.2, 0) is 16.2 Å². The van der Waals surface area contributed by atoms with Gasteiger partial charge >= 0.3 is 11.9 Å². The number of carbonyl (C=O) groups is 2. The molecule has 5 nitrogen and oxygen atoms in total. The van der Waals surface area contributed by atoms with E-state index < -0.39 is 17.8 Å². The summed E-state index contributed by atoms with van der Waals surface area (Å²) in [5, 5.41) is 0. The highest BCUT2D eigenvalue weighted by atomic mass is 19.1. The van der Waals surface area contributed by atoms with E-state index in [1.165, 1.54) is 6.07 Å². The van der Waals surface area contributed by atoms with Crippen LogP contribution in [0.1, 0.15) is 19.4 Å². The SMILES string of the molecule is C=C(C)C(=O)Oc1ccc(COc2ccc(-c3ccc(OC(=O)C(=C)C)cc3)c(F)c2)cc1. The average Bonchev–Trinajstić information content (AvgIpc) is 2.79. The van der Waals surface area contributed by atoms with Gasteiger partial charge in [-0.3, -0.25) is 0 Å². The summed E-state index contributed by atoms with van der Waals surface area (Å²) in [7, 11) is 0. The van der Waals surface area contributed by atoms with Gasteiger partial charge in [-0.15, -0.1) is 0 Å². The highest BCUT2D eigenvalue weighted by Gasteiger charge is 2.10. The van der Waals surface area contributed by atoms with Crippen molar-refractivity contribution < 1.29 is 28.2 Å². The minimum atomic E-state index is -0.516. The Labute approximate surface area is 191 Å². The molecule has 0 aliphatic rings. The lowest BCUT2D eigenvalue weighted by atomic mass is 10.0. The van der Waals surface area contributed by atoms with Crippen molar-refractivity contribution in [3.05, 3.63) is 102 Å². The summed E-state index contributed by atoms with van der Waals surface area (Å²) < 4.78 is 30.7. The number of esters is 2. The third kappa shape index (κ3) is 6.40. The van der Waals surface area contributed by atoms with Gasteiger partial charge in [-0.05, 0) is 61.4 Å². The summed E-state index contributed by atoms with van der Waals surface area (Å²) in [4.78, 5) is 23.1. The molecule has 3 rings (SSSR count). The van der Waals surface area contributed by atoms with Gasteiger partial charge in [-0.25, -0.2) is 14.0 Å². The Balaban J connectivity index is 1.61. The topological polar surface area (TPSA) is 61.8 Å². The Morgan fingerprint density at radius 1 is 0.758 bits per heavy atom. The zero-order valence-electron chi connectivity index (χ0n) is 18.4. The molecule has 0 spiro atoms. The van der Waals surface area contributed by atoms with E-state index in [0.717, 1.165) is 5.56 Å².